The van der Waals surface area contributed by atoms with E-state index < -0.39 is 16.1 Å². The molecule has 0 spiro atoms. The highest BCUT2D eigenvalue weighted by Gasteiger charge is 2.35. The Morgan fingerprint density at radius 3 is 2.16 bits per heavy atom. The molecule has 1 N–H and O–H groups in total. The molecule has 0 aliphatic carbocycles. The van der Waals surface area contributed by atoms with Gasteiger partial charge in [-0.05, 0) is 62.6 Å². The molecule has 1 amide bonds. The van der Waals surface area contributed by atoms with Gasteiger partial charge in [0.15, 0.2) is 0 Å². The molecule has 5 nitrogen and oxygen atoms in total. The lowest BCUT2D eigenvalue weighted by Gasteiger charge is -2.18. The zero-order chi connectivity index (χ0) is 18.2. The lowest BCUT2D eigenvalue weighted by Crippen LogP contribution is -2.41. The van der Waals surface area contributed by atoms with Crippen LogP contribution in [0.1, 0.15) is 23.1 Å². The van der Waals surface area contributed by atoms with Gasteiger partial charge in [0.1, 0.15) is 6.04 Å². The number of benzene rings is 2. The zero-order valence-corrected chi connectivity index (χ0v) is 15.4. The minimum Gasteiger partial charge on any atom is -0.311 e. The third kappa shape index (κ3) is 3.75. The molecule has 1 saturated heterocycles. The van der Waals surface area contributed by atoms with Crippen LogP contribution in [-0.4, -0.2) is 26.9 Å². The van der Waals surface area contributed by atoms with Gasteiger partial charge >= 0.3 is 0 Å². The van der Waals surface area contributed by atoms with Crippen molar-refractivity contribution in [3.05, 3.63) is 59.2 Å². The van der Waals surface area contributed by atoms with Gasteiger partial charge in [0.2, 0.25) is 15.9 Å². The lowest BCUT2D eigenvalue weighted by molar-refractivity contribution is -0.118. The number of anilines is 1. The SMILES string of the molecule is Cc1ccc(S(=O)(=O)N[C@H]2CCN(c3cc(C)cc(C)c3)C2=O)cc1. The summed E-state index contributed by atoms with van der Waals surface area (Å²) in [6.07, 6.45) is 0.455. The topological polar surface area (TPSA) is 66.5 Å². The van der Waals surface area contributed by atoms with Crippen LogP contribution in [0.3, 0.4) is 0 Å². The summed E-state index contributed by atoms with van der Waals surface area (Å²) in [4.78, 5) is 14.5. The van der Waals surface area contributed by atoms with E-state index in [1.807, 2.05) is 39.0 Å². The molecule has 132 valence electrons. The lowest BCUT2D eigenvalue weighted by atomic mass is 10.1. The Morgan fingerprint density at radius 2 is 1.56 bits per heavy atom. The van der Waals surface area contributed by atoms with Gasteiger partial charge in [0.05, 0.1) is 4.90 Å². The highest BCUT2D eigenvalue weighted by Crippen LogP contribution is 2.25. The molecule has 2 aromatic carbocycles. The molecular weight excluding hydrogens is 336 g/mol. The number of rotatable bonds is 4. The molecule has 0 aromatic heterocycles. The Hall–Kier alpha value is -2.18. The van der Waals surface area contributed by atoms with Gasteiger partial charge < -0.3 is 4.90 Å². The van der Waals surface area contributed by atoms with Crippen LogP contribution in [0.25, 0.3) is 0 Å². The van der Waals surface area contributed by atoms with E-state index in [0.29, 0.717) is 13.0 Å². The molecule has 1 aliphatic heterocycles. The van der Waals surface area contributed by atoms with E-state index in [2.05, 4.69) is 4.72 Å². The molecular formula is C19H22N2O3S. The number of amides is 1. The maximum absolute atomic E-state index is 12.7. The van der Waals surface area contributed by atoms with Crippen molar-refractivity contribution in [2.45, 2.75) is 38.1 Å². The molecule has 6 heteroatoms. The van der Waals surface area contributed by atoms with Crippen LogP contribution in [0.2, 0.25) is 0 Å². The molecule has 0 radical (unpaired) electrons. The summed E-state index contributed by atoms with van der Waals surface area (Å²) in [6.45, 7) is 6.36. The molecule has 0 saturated carbocycles. The number of hydrogen-bond donors (Lipinski definition) is 1. The van der Waals surface area contributed by atoms with Crippen LogP contribution in [-0.2, 0) is 14.8 Å². The number of hydrogen-bond acceptors (Lipinski definition) is 3. The smallest absolute Gasteiger partial charge is 0.245 e. The highest BCUT2D eigenvalue weighted by atomic mass is 32.2. The first kappa shape index (κ1) is 17.6. The van der Waals surface area contributed by atoms with Crippen LogP contribution in [0.4, 0.5) is 5.69 Å². The number of sulfonamides is 1. The second-order valence-corrected chi connectivity index (χ2v) is 8.33. The monoisotopic (exact) mass is 358 g/mol. The molecule has 2 aromatic rings. The van der Waals surface area contributed by atoms with Gasteiger partial charge in [-0.2, -0.15) is 4.72 Å². The van der Waals surface area contributed by atoms with E-state index in [-0.39, 0.29) is 10.8 Å². The van der Waals surface area contributed by atoms with Crippen LogP contribution in [0, 0.1) is 20.8 Å². The van der Waals surface area contributed by atoms with Gasteiger partial charge in [-0.25, -0.2) is 8.42 Å². The van der Waals surface area contributed by atoms with Gasteiger partial charge in [-0.3, -0.25) is 4.79 Å². The molecule has 25 heavy (non-hydrogen) atoms. The molecule has 3 rings (SSSR count). The second kappa shape index (κ2) is 6.61. The number of aryl methyl sites for hydroxylation is 3. The third-order valence-corrected chi connectivity index (χ3v) is 5.84. The summed E-state index contributed by atoms with van der Waals surface area (Å²) in [5.41, 5.74) is 3.95. The van der Waals surface area contributed by atoms with Crippen LogP contribution >= 0.6 is 0 Å². The molecule has 1 heterocycles. The van der Waals surface area contributed by atoms with Crippen molar-refractivity contribution in [1.29, 1.82) is 0 Å². The first-order valence-electron chi connectivity index (χ1n) is 8.25. The van der Waals surface area contributed by atoms with Gasteiger partial charge in [0.25, 0.3) is 0 Å². The normalized spacial score (nSPS) is 18.0. The van der Waals surface area contributed by atoms with Crippen LogP contribution in [0.5, 0.6) is 0 Å². The fourth-order valence-electron chi connectivity index (χ4n) is 3.12. The van der Waals surface area contributed by atoms with E-state index in [0.717, 1.165) is 22.4 Å². The minimum absolute atomic E-state index is 0.177. The zero-order valence-electron chi connectivity index (χ0n) is 14.6. The number of nitrogens with one attached hydrogen (secondary N) is 1. The maximum Gasteiger partial charge on any atom is 0.245 e. The van der Waals surface area contributed by atoms with Crippen molar-refractivity contribution < 1.29 is 13.2 Å². The molecule has 0 unspecified atom stereocenters. The fourth-order valence-corrected chi connectivity index (χ4v) is 4.35. The van der Waals surface area contributed by atoms with E-state index >= 15 is 0 Å². The van der Waals surface area contributed by atoms with E-state index in [1.165, 1.54) is 0 Å². The Bertz CT molecular complexity index is 885. The fraction of sp³-hybridized carbons (Fsp3) is 0.316. The van der Waals surface area contributed by atoms with Crippen molar-refractivity contribution in [2.75, 3.05) is 11.4 Å². The molecule has 1 aliphatic rings. The Kier molecular flexibility index (Phi) is 4.67. The first-order valence-corrected chi connectivity index (χ1v) is 9.73. The standard InChI is InChI=1S/C19H22N2O3S/c1-13-4-6-17(7-5-13)25(23,24)20-18-8-9-21(19(18)22)16-11-14(2)10-15(3)12-16/h4-7,10-12,18,20H,8-9H2,1-3H3/t18-/m0/s1. The Labute approximate surface area is 148 Å². The first-order chi connectivity index (χ1) is 11.8. The minimum atomic E-state index is -3.71. The highest BCUT2D eigenvalue weighted by molar-refractivity contribution is 7.89. The van der Waals surface area contributed by atoms with Gasteiger partial charge in [-0.15, -0.1) is 0 Å². The molecule has 1 fully saturated rings. The average molecular weight is 358 g/mol. The van der Waals surface area contributed by atoms with Gasteiger partial charge in [0, 0.05) is 12.2 Å². The van der Waals surface area contributed by atoms with Crippen LogP contribution < -0.4 is 9.62 Å². The molecule has 0 bridgehead atoms. The summed E-state index contributed by atoms with van der Waals surface area (Å²) in [7, 11) is -3.71. The summed E-state index contributed by atoms with van der Waals surface area (Å²) in [6, 6.07) is 11.8. The van der Waals surface area contributed by atoms with Crippen molar-refractivity contribution in [3.8, 4) is 0 Å². The van der Waals surface area contributed by atoms with Crippen molar-refractivity contribution in [2.24, 2.45) is 0 Å². The summed E-state index contributed by atoms with van der Waals surface area (Å²) in [5.74, 6) is -0.208. The Balaban J connectivity index is 1.79. The maximum atomic E-state index is 12.7. The number of nitrogens with zero attached hydrogens (tertiary/aromatic N) is 1. The van der Waals surface area contributed by atoms with Gasteiger partial charge in [-0.1, -0.05) is 23.8 Å². The van der Waals surface area contributed by atoms with Crippen molar-refractivity contribution in [3.63, 3.8) is 0 Å². The summed E-state index contributed by atoms with van der Waals surface area (Å²) in [5, 5.41) is 0. The van der Waals surface area contributed by atoms with Crippen LogP contribution in [0.15, 0.2) is 47.4 Å². The largest absolute Gasteiger partial charge is 0.311 e. The molecule has 1 atom stereocenters. The number of carbonyl (C=O) groups excluding carboxylic acids is 1. The number of carbonyl (C=O) groups is 1. The van der Waals surface area contributed by atoms with E-state index in [4.69, 9.17) is 0 Å². The summed E-state index contributed by atoms with van der Waals surface area (Å²) >= 11 is 0. The quantitative estimate of drug-likeness (QED) is 0.914. The second-order valence-electron chi connectivity index (χ2n) is 6.61. The Morgan fingerprint density at radius 1 is 0.960 bits per heavy atom. The average Bonchev–Trinajstić information content (AvgIpc) is 2.87. The third-order valence-electron chi connectivity index (χ3n) is 4.35. The van der Waals surface area contributed by atoms with E-state index in [9.17, 15) is 13.2 Å². The predicted molar refractivity (Wildman–Crippen MR) is 98.2 cm³/mol. The summed E-state index contributed by atoms with van der Waals surface area (Å²) < 4.78 is 27.6. The van der Waals surface area contributed by atoms with Crippen molar-refractivity contribution >= 4 is 21.6 Å². The predicted octanol–water partition coefficient (Wildman–Crippen LogP) is 2.70. The van der Waals surface area contributed by atoms with E-state index in [1.54, 1.807) is 29.2 Å². The van der Waals surface area contributed by atoms with Crippen molar-refractivity contribution in [1.82, 2.24) is 4.72 Å².